The molecule has 0 saturated carbocycles. The fraction of sp³-hybridized carbons (Fsp3) is 0. The van der Waals surface area contributed by atoms with E-state index in [4.69, 9.17) is 13.3 Å². The van der Waals surface area contributed by atoms with Gasteiger partial charge in [0.25, 0.3) is 9.05 Å². The molecule has 0 spiro atoms. The van der Waals surface area contributed by atoms with Crippen LogP contribution in [0.1, 0.15) is 1.43 Å². The van der Waals surface area contributed by atoms with Gasteiger partial charge >= 0.3 is 75.3 Å². The van der Waals surface area contributed by atoms with Crippen LogP contribution in [0.2, 0.25) is 0 Å². The van der Waals surface area contributed by atoms with Crippen LogP contribution in [-0.2, 0) is 20.2 Å². The third-order valence-corrected chi connectivity index (χ3v) is 0. The zero-order valence-electron chi connectivity index (χ0n) is 4.83. The summed E-state index contributed by atoms with van der Waals surface area (Å²) in [5.41, 5.74) is 0. The van der Waals surface area contributed by atoms with E-state index in [1.165, 1.54) is 0 Å². The van der Waals surface area contributed by atoms with Crippen molar-refractivity contribution in [2.24, 2.45) is 0 Å². The maximum absolute atomic E-state index is 9.11. The van der Waals surface area contributed by atoms with Crippen LogP contribution < -0.4 is 51.4 Å². The van der Waals surface area contributed by atoms with E-state index in [0.717, 1.165) is 0 Å². The van der Waals surface area contributed by atoms with E-state index in [1.54, 1.807) is 0 Å². The van der Waals surface area contributed by atoms with Gasteiger partial charge in [0, 0.05) is 11.2 Å². The van der Waals surface area contributed by atoms with Gasteiger partial charge in [-0.2, -0.15) is 4.21 Å². The van der Waals surface area contributed by atoms with Crippen LogP contribution in [0, 0.1) is 0 Å². The quantitative estimate of drug-likeness (QED) is 0.441. The Morgan fingerprint density at radius 2 is 1.57 bits per heavy atom. The van der Waals surface area contributed by atoms with Gasteiger partial charge in [-0.1, -0.05) is 0 Å². The normalized spacial score (nSPS) is 8.29. The van der Waals surface area contributed by atoms with Crippen LogP contribution >= 0.6 is 0 Å². The van der Waals surface area contributed by atoms with Gasteiger partial charge in [0.05, 0.1) is 0 Å². The summed E-state index contributed by atoms with van der Waals surface area (Å²) in [4.78, 5) is 0. The second kappa shape index (κ2) is 6.84. The van der Waals surface area contributed by atoms with Gasteiger partial charge in [-0.3, -0.25) is 9.11 Å². The maximum atomic E-state index is 9.11. The fourth-order valence-electron chi connectivity index (χ4n) is 0. The van der Waals surface area contributed by atoms with Crippen LogP contribution in [0.25, 0.3) is 0 Å². The molecule has 0 atom stereocenters. The molecule has 0 unspecified atom stereocenters. The van der Waals surface area contributed by atoms with E-state index in [9.17, 15) is 0 Å². The van der Waals surface area contributed by atoms with Gasteiger partial charge in [-0.05, 0) is 0 Å². The Kier molecular flexibility index (Phi) is 16.0. The Labute approximate surface area is 108 Å². The first-order valence-electron chi connectivity index (χ1n) is 0.698. The minimum absolute atomic E-state index is 0. The van der Waals surface area contributed by atoms with E-state index < -0.39 is 9.05 Å². The molecule has 0 aliphatic carbocycles. The molecule has 2 N–H and O–H groups in total. The average Bonchev–Trinajstić information content (AvgIpc) is 0.722. The Bertz CT molecular complexity index is 100. The predicted octanol–water partition coefficient (Wildman–Crippen LogP) is -4.12. The van der Waals surface area contributed by atoms with Crippen molar-refractivity contribution >= 4 is 44.1 Å². The summed E-state index contributed by atoms with van der Waals surface area (Å²) in [5, 5.41) is 0. The van der Waals surface area contributed by atoms with E-state index in [-0.39, 0.29) is 76.7 Å². The second-order valence-corrected chi connectivity index (χ2v) is 2.65. The molecule has 0 fully saturated rings. The van der Waals surface area contributed by atoms with Crippen molar-refractivity contribution in [2.75, 3.05) is 0 Å². The number of rotatable bonds is 0. The van der Waals surface area contributed by atoms with Crippen LogP contribution in [0.3, 0.4) is 0 Å². The molecule has 0 aliphatic rings. The summed E-state index contributed by atoms with van der Waals surface area (Å²) in [6.45, 7) is 0. The Morgan fingerprint density at radius 1 is 1.57 bits per heavy atom. The summed E-state index contributed by atoms with van der Waals surface area (Å²) < 4.78 is 24.0. The summed E-state index contributed by atoms with van der Waals surface area (Å²) in [6, 6.07) is 0. The van der Waals surface area contributed by atoms with Crippen LogP contribution in [0.15, 0.2) is 0 Å². The van der Waals surface area contributed by atoms with E-state index in [0.29, 0.717) is 0 Å². The molecule has 0 aromatic heterocycles. The molecule has 7 heteroatoms. The van der Waals surface area contributed by atoms with Crippen molar-refractivity contribution in [1.82, 2.24) is 0 Å². The van der Waals surface area contributed by atoms with Crippen molar-refractivity contribution in [2.45, 2.75) is 0 Å². The standard InChI is InChI=1S/K.H2O3S2.Sn.3H/c;1-5(2,3)4;;;;/h;(H2,1,2,3,4);;;;/q+1;;;;;-1. The number of hydrogen-bond donors (Lipinski definition) is 2. The molecule has 40 valence electrons. The Morgan fingerprint density at radius 3 is 1.57 bits per heavy atom. The molecule has 0 saturated heterocycles. The van der Waals surface area contributed by atoms with Crippen molar-refractivity contribution in [3.63, 3.8) is 0 Å². The molecule has 0 rings (SSSR count). The van der Waals surface area contributed by atoms with Crippen LogP contribution in [0.4, 0.5) is 0 Å². The third kappa shape index (κ3) is 53.1. The molecular weight excluding hydrogens is 270 g/mol. The Balaban J connectivity index is -0.0000000267. The first-order chi connectivity index (χ1) is 2.00. The fourth-order valence-corrected chi connectivity index (χ4v) is 0. The predicted molar refractivity (Wildman–Crippen MR) is 30.4 cm³/mol. The van der Waals surface area contributed by atoms with E-state index in [2.05, 4.69) is 11.2 Å². The van der Waals surface area contributed by atoms with E-state index in [1.807, 2.05) is 0 Å². The first-order valence-corrected chi connectivity index (χ1v) is 3.10. The van der Waals surface area contributed by atoms with Gasteiger partial charge in [0.15, 0.2) is 0 Å². The van der Waals surface area contributed by atoms with Crippen molar-refractivity contribution in [3.05, 3.63) is 0 Å². The minimum atomic E-state index is -3.83. The average molecular weight is 275 g/mol. The summed E-state index contributed by atoms with van der Waals surface area (Å²) in [7, 11) is -3.83. The van der Waals surface area contributed by atoms with Crippen molar-refractivity contribution in [3.8, 4) is 0 Å². The molecule has 0 aromatic rings. The molecule has 0 heterocycles. The summed E-state index contributed by atoms with van der Waals surface area (Å²) >= 11 is 3.47. The third-order valence-electron chi connectivity index (χ3n) is 0. The van der Waals surface area contributed by atoms with E-state index >= 15 is 0 Å². The second-order valence-electron chi connectivity index (χ2n) is 0.448. The van der Waals surface area contributed by atoms with Gasteiger partial charge in [0.2, 0.25) is 0 Å². The molecule has 0 amide bonds. The molecular formula is H5KO3S2Sn. The molecule has 0 bridgehead atoms. The molecule has 0 aliphatic heterocycles. The van der Waals surface area contributed by atoms with Crippen LogP contribution in [-0.4, -0.2) is 37.2 Å². The van der Waals surface area contributed by atoms with Gasteiger partial charge in [0.1, 0.15) is 0 Å². The molecule has 2 radical (unpaired) electrons. The Hall–Kier alpha value is 2.73. The van der Waals surface area contributed by atoms with Gasteiger partial charge in [-0.25, -0.2) is 0 Å². The van der Waals surface area contributed by atoms with Gasteiger partial charge < -0.3 is 1.43 Å². The summed E-state index contributed by atoms with van der Waals surface area (Å²) in [5.74, 6) is 0. The van der Waals surface area contributed by atoms with Crippen molar-refractivity contribution < 1.29 is 66.1 Å². The van der Waals surface area contributed by atoms with Gasteiger partial charge in [-0.15, -0.1) is 0 Å². The monoisotopic (exact) mass is 276 g/mol. The zero-order chi connectivity index (χ0) is 4.50. The summed E-state index contributed by atoms with van der Waals surface area (Å²) in [6.07, 6.45) is 0. The topological polar surface area (TPSA) is 57.5 Å². The first kappa shape index (κ1) is 16.4. The van der Waals surface area contributed by atoms with Crippen LogP contribution in [0.5, 0.6) is 0 Å². The number of hydrogen-bond acceptors (Lipinski definition) is 2. The zero-order valence-corrected chi connectivity index (χ0v) is 12.6. The SMILES string of the molecule is O=S(O)(O)=S.[H-].[K+].[SnH2]. The molecule has 0 aromatic carbocycles. The molecule has 3 nitrogen and oxygen atoms in total. The van der Waals surface area contributed by atoms with Crippen molar-refractivity contribution in [1.29, 1.82) is 0 Å². The molecule has 7 heavy (non-hydrogen) atoms.